The highest BCUT2D eigenvalue weighted by Gasteiger charge is 2.33. The lowest BCUT2D eigenvalue weighted by atomic mass is 10.1. The lowest BCUT2D eigenvalue weighted by Gasteiger charge is -2.15. The molecule has 0 fully saturated rings. The fraction of sp³-hybridized carbons (Fsp3) is 0.350. The van der Waals surface area contributed by atoms with E-state index in [0.29, 0.717) is 18.1 Å². The number of halogens is 4. The molecule has 11 heteroatoms. The summed E-state index contributed by atoms with van der Waals surface area (Å²) < 4.78 is 67.5. The second-order valence-electron chi connectivity index (χ2n) is 6.57. The number of benzene rings is 2. The number of ether oxygens (including phenoxy) is 1. The van der Waals surface area contributed by atoms with Gasteiger partial charge in [-0.05, 0) is 36.2 Å². The van der Waals surface area contributed by atoms with Crippen LogP contribution in [0.2, 0.25) is 0 Å². The second-order valence-corrected chi connectivity index (χ2v) is 8.55. The summed E-state index contributed by atoms with van der Waals surface area (Å²) in [6.07, 6.45) is -3.32. The molecule has 0 radical (unpaired) electrons. The largest absolute Gasteiger partial charge is 0.491 e. The van der Waals surface area contributed by atoms with Crippen molar-refractivity contribution in [2.45, 2.75) is 24.5 Å². The highest BCUT2D eigenvalue weighted by molar-refractivity contribution is 14.0. The lowest BCUT2D eigenvalue weighted by Crippen LogP contribution is -2.39. The van der Waals surface area contributed by atoms with Crippen molar-refractivity contribution in [3.05, 3.63) is 59.2 Å². The third-order valence-corrected chi connectivity index (χ3v) is 5.42. The van der Waals surface area contributed by atoms with Crippen molar-refractivity contribution in [3.8, 4) is 5.75 Å². The molecular formula is C20H25F3IN3O3S. The Morgan fingerprint density at radius 1 is 1.13 bits per heavy atom. The van der Waals surface area contributed by atoms with E-state index in [-0.39, 0.29) is 47.8 Å². The first kappa shape index (κ1) is 27.0. The quantitative estimate of drug-likeness (QED) is 0.229. The van der Waals surface area contributed by atoms with Crippen molar-refractivity contribution in [3.63, 3.8) is 0 Å². The van der Waals surface area contributed by atoms with E-state index in [0.717, 1.165) is 17.9 Å². The van der Waals surface area contributed by atoms with Gasteiger partial charge in [0.25, 0.3) is 0 Å². The Balaban J connectivity index is 0.00000480. The van der Waals surface area contributed by atoms with E-state index >= 15 is 0 Å². The first-order valence-corrected chi connectivity index (χ1v) is 10.9. The van der Waals surface area contributed by atoms with Gasteiger partial charge in [-0.2, -0.15) is 13.2 Å². The maximum Gasteiger partial charge on any atom is 0.419 e. The number of nitrogens with one attached hydrogen (secondary N) is 2. The van der Waals surface area contributed by atoms with Crippen LogP contribution in [0.1, 0.15) is 16.7 Å². The normalized spacial score (nSPS) is 12.1. The fourth-order valence-corrected chi connectivity index (χ4v) is 3.76. The number of rotatable bonds is 7. The Labute approximate surface area is 197 Å². The first-order valence-electron chi connectivity index (χ1n) is 9.05. The average Bonchev–Trinajstić information content (AvgIpc) is 2.66. The van der Waals surface area contributed by atoms with Gasteiger partial charge in [-0.3, -0.25) is 4.99 Å². The molecule has 2 aromatic rings. The molecule has 0 bridgehead atoms. The number of para-hydroxylation sites is 1. The number of guanidine groups is 1. The van der Waals surface area contributed by atoms with Gasteiger partial charge in [0.05, 0.1) is 17.0 Å². The van der Waals surface area contributed by atoms with Crippen molar-refractivity contribution in [1.29, 1.82) is 0 Å². The molecule has 31 heavy (non-hydrogen) atoms. The molecule has 0 aliphatic carbocycles. The number of aliphatic imine (C=N–C) groups is 1. The third-order valence-electron chi connectivity index (χ3n) is 4.17. The maximum atomic E-state index is 13.0. The van der Waals surface area contributed by atoms with E-state index in [4.69, 9.17) is 4.74 Å². The van der Waals surface area contributed by atoms with E-state index in [1.165, 1.54) is 18.2 Å². The van der Waals surface area contributed by atoms with E-state index in [1.54, 1.807) is 32.2 Å². The van der Waals surface area contributed by atoms with Gasteiger partial charge >= 0.3 is 6.18 Å². The Kier molecular flexibility index (Phi) is 10.1. The van der Waals surface area contributed by atoms with Gasteiger partial charge in [0.15, 0.2) is 15.8 Å². The SMILES string of the molecule is CN=C(NCCOc1ccccc1C(F)(F)F)NCc1ccc(S(C)(=O)=O)c(C)c1.I. The van der Waals surface area contributed by atoms with E-state index in [1.807, 2.05) is 0 Å². The molecule has 172 valence electrons. The minimum absolute atomic E-state index is 0. The van der Waals surface area contributed by atoms with Gasteiger partial charge in [-0.1, -0.05) is 24.3 Å². The zero-order valence-electron chi connectivity index (χ0n) is 17.3. The monoisotopic (exact) mass is 571 g/mol. The van der Waals surface area contributed by atoms with Gasteiger partial charge in [0, 0.05) is 19.8 Å². The fourth-order valence-electron chi connectivity index (χ4n) is 2.80. The topological polar surface area (TPSA) is 79.8 Å². The molecule has 0 unspecified atom stereocenters. The first-order chi connectivity index (χ1) is 14.0. The van der Waals surface area contributed by atoms with Crippen molar-refractivity contribution >= 4 is 39.8 Å². The molecule has 0 saturated carbocycles. The molecular weight excluding hydrogens is 546 g/mol. The molecule has 0 atom stereocenters. The Morgan fingerprint density at radius 3 is 2.39 bits per heavy atom. The molecule has 2 N–H and O–H groups in total. The molecule has 0 amide bonds. The standard InChI is InChI=1S/C20H24F3N3O3S.HI/c1-14-12-15(8-9-18(14)30(3,27)28)13-26-19(24-2)25-10-11-29-17-7-5-4-6-16(17)20(21,22)23;/h4-9,12H,10-11,13H2,1-3H3,(H2,24,25,26);1H. The van der Waals surface area contributed by atoms with Crippen molar-refractivity contribution < 1.29 is 26.3 Å². The Hall–Kier alpha value is -2.02. The maximum absolute atomic E-state index is 13.0. The second kappa shape index (κ2) is 11.6. The van der Waals surface area contributed by atoms with Gasteiger partial charge in [-0.25, -0.2) is 8.42 Å². The molecule has 0 aliphatic heterocycles. The third kappa shape index (κ3) is 8.20. The molecule has 0 aromatic heterocycles. The Morgan fingerprint density at radius 2 is 1.81 bits per heavy atom. The van der Waals surface area contributed by atoms with Crippen molar-refractivity contribution in [1.82, 2.24) is 10.6 Å². The molecule has 6 nitrogen and oxygen atoms in total. The lowest BCUT2D eigenvalue weighted by molar-refractivity contribution is -0.138. The molecule has 2 rings (SSSR count). The smallest absolute Gasteiger partial charge is 0.419 e. The zero-order chi connectivity index (χ0) is 22.4. The number of nitrogens with zero attached hydrogens (tertiary/aromatic N) is 1. The predicted octanol–water partition coefficient (Wildman–Crippen LogP) is 3.78. The van der Waals surface area contributed by atoms with Gasteiger partial charge in [-0.15, -0.1) is 24.0 Å². The number of alkyl halides is 3. The van der Waals surface area contributed by atoms with E-state index in [2.05, 4.69) is 15.6 Å². The number of aryl methyl sites for hydroxylation is 1. The molecule has 0 heterocycles. The predicted molar refractivity (Wildman–Crippen MR) is 125 cm³/mol. The van der Waals surface area contributed by atoms with Crippen LogP contribution in [0.4, 0.5) is 13.2 Å². The summed E-state index contributed by atoms with van der Waals surface area (Å²) in [5.74, 6) is 0.212. The van der Waals surface area contributed by atoms with Crippen LogP contribution in [0.15, 0.2) is 52.4 Å². The van der Waals surface area contributed by atoms with Gasteiger partial charge in [0.1, 0.15) is 12.4 Å². The summed E-state index contributed by atoms with van der Waals surface area (Å²) in [5, 5.41) is 6.01. The highest BCUT2D eigenvalue weighted by Crippen LogP contribution is 2.35. The van der Waals surface area contributed by atoms with Crippen LogP contribution in [0.3, 0.4) is 0 Å². The summed E-state index contributed by atoms with van der Waals surface area (Å²) in [6, 6.07) is 10.1. The minimum atomic E-state index is -4.48. The summed E-state index contributed by atoms with van der Waals surface area (Å²) in [4.78, 5) is 4.33. The van der Waals surface area contributed by atoms with E-state index in [9.17, 15) is 21.6 Å². The van der Waals surface area contributed by atoms with E-state index < -0.39 is 21.6 Å². The average molecular weight is 571 g/mol. The molecule has 0 aliphatic rings. The van der Waals surface area contributed by atoms with Gasteiger partial charge < -0.3 is 15.4 Å². The van der Waals surface area contributed by atoms with Crippen LogP contribution in [-0.2, 0) is 22.6 Å². The number of sulfone groups is 1. The number of hydrogen-bond donors (Lipinski definition) is 2. The van der Waals surface area contributed by atoms with Crippen molar-refractivity contribution in [2.75, 3.05) is 26.5 Å². The summed E-state index contributed by atoms with van der Waals surface area (Å²) >= 11 is 0. The Bertz CT molecular complexity index is 1010. The zero-order valence-corrected chi connectivity index (χ0v) is 20.4. The molecule has 0 spiro atoms. The van der Waals surface area contributed by atoms with Crippen LogP contribution < -0.4 is 15.4 Å². The summed E-state index contributed by atoms with van der Waals surface area (Å²) in [7, 11) is -1.71. The minimum Gasteiger partial charge on any atom is -0.491 e. The van der Waals surface area contributed by atoms with Crippen molar-refractivity contribution in [2.24, 2.45) is 4.99 Å². The highest BCUT2D eigenvalue weighted by atomic mass is 127. The van der Waals surface area contributed by atoms with Crippen LogP contribution in [0, 0.1) is 6.92 Å². The molecule has 0 saturated heterocycles. The van der Waals surface area contributed by atoms with Crippen LogP contribution in [0.25, 0.3) is 0 Å². The summed E-state index contributed by atoms with van der Waals surface area (Å²) in [6.45, 7) is 2.36. The molecule has 2 aromatic carbocycles. The van der Waals surface area contributed by atoms with Crippen LogP contribution in [-0.4, -0.2) is 40.8 Å². The number of hydrogen-bond acceptors (Lipinski definition) is 4. The van der Waals surface area contributed by atoms with Crippen LogP contribution in [0.5, 0.6) is 5.75 Å². The van der Waals surface area contributed by atoms with Crippen LogP contribution >= 0.6 is 24.0 Å². The van der Waals surface area contributed by atoms with Gasteiger partial charge in [0.2, 0.25) is 0 Å². The summed E-state index contributed by atoms with van der Waals surface area (Å²) in [5.41, 5.74) is 0.690.